The van der Waals surface area contributed by atoms with Crippen LogP contribution in [0.5, 0.6) is 0 Å². The highest BCUT2D eigenvalue weighted by Crippen LogP contribution is 2.30. The molecular formula is C12H14O16S. The molecule has 0 spiro atoms. The second kappa shape index (κ2) is 9.26. The molecule has 16 nitrogen and oxygen atoms in total. The fourth-order valence-electron chi connectivity index (χ4n) is 2.00. The Balaban J connectivity index is 6.31. The molecule has 164 valence electrons. The summed E-state index contributed by atoms with van der Waals surface area (Å²) in [6.07, 6.45) is -7.02. The number of carboxylic acids is 6. The standard InChI is InChI=1S/C12H14O16S/c13-5(14)1-11(9(21)22,2-6(15)16)27-29(25,26)28-12(10(23)24,3-7(17)18)4-8(19)20/h1-4H2,(H,13,14)(H,15,16)(H,17,18)(H,19,20)(H,21,22)(H,23,24). The van der Waals surface area contributed by atoms with Crippen LogP contribution in [0.3, 0.4) is 0 Å². The van der Waals surface area contributed by atoms with Gasteiger partial charge in [0.15, 0.2) is 0 Å². The topological polar surface area (TPSA) is 276 Å². The molecule has 0 aliphatic carbocycles. The molecule has 0 fully saturated rings. The third-order valence-corrected chi connectivity index (χ3v) is 4.10. The van der Waals surface area contributed by atoms with E-state index in [1.807, 2.05) is 0 Å². The Kier molecular flexibility index (Phi) is 8.20. The van der Waals surface area contributed by atoms with Crippen molar-refractivity contribution in [3.05, 3.63) is 0 Å². The normalized spacial score (nSPS) is 12.1. The predicted octanol–water partition coefficient (Wildman–Crippen LogP) is -2.19. The first-order valence-corrected chi connectivity index (χ1v) is 8.30. The zero-order valence-corrected chi connectivity index (χ0v) is 14.8. The molecule has 29 heavy (non-hydrogen) atoms. The molecule has 0 aromatic rings. The first kappa shape index (κ1) is 25.7. The van der Waals surface area contributed by atoms with Gasteiger partial charge in [0.2, 0.25) is 11.2 Å². The largest absolute Gasteiger partial charge is 0.481 e. The van der Waals surface area contributed by atoms with Crippen LogP contribution in [0.15, 0.2) is 0 Å². The van der Waals surface area contributed by atoms with E-state index in [4.69, 9.17) is 30.6 Å². The molecule has 0 saturated heterocycles. The van der Waals surface area contributed by atoms with Gasteiger partial charge in [-0.3, -0.25) is 19.2 Å². The van der Waals surface area contributed by atoms with Crippen molar-refractivity contribution in [2.24, 2.45) is 0 Å². The third-order valence-electron chi connectivity index (χ3n) is 3.05. The van der Waals surface area contributed by atoms with Gasteiger partial charge in [0.05, 0.1) is 25.7 Å². The first-order valence-electron chi connectivity index (χ1n) is 6.97. The van der Waals surface area contributed by atoms with Crippen LogP contribution in [-0.2, 0) is 47.5 Å². The summed E-state index contributed by atoms with van der Waals surface area (Å²) in [7, 11) is -5.98. The summed E-state index contributed by atoms with van der Waals surface area (Å²) >= 11 is 0. The van der Waals surface area contributed by atoms with Crippen molar-refractivity contribution in [3.8, 4) is 0 Å². The second-order valence-electron chi connectivity index (χ2n) is 5.46. The van der Waals surface area contributed by atoms with Crippen molar-refractivity contribution in [1.29, 1.82) is 0 Å². The Bertz CT molecular complexity index is 729. The Morgan fingerprint density at radius 1 is 0.552 bits per heavy atom. The SMILES string of the molecule is O=C(O)CC(CC(=O)O)(OS(=O)(=O)OC(CC(=O)O)(CC(=O)O)C(=O)O)C(=O)O. The van der Waals surface area contributed by atoms with E-state index in [0.717, 1.165) is 0 Å². The summed E-state index contributed by atoms with van der Waals surface area (Å²) in [4.78, 5) is 66.1. The van der Waals surface area contributed by atoms with E-state index in [-0.39, 0.29) is 0 Å². The lowest BCUT2D eigenvalue weighted by atomic mass is 9.96. The molecule has 0 radical (unpaired) electrons. The zero-order valence-electron chi connectivity index (χ0n) is 14.0. The Morgan fingerprint density at radius 3 is 0.897 bits per heavy atom. The van der Waals surface area contributed by atoms with Gasteiger partial charge >= 0.3 is 46.2 Å². The van der Waals surface area contributed by atoms with Crippen LogP contribution in [0.25, 0.3) is 0 Å². The van der Waals surface area contributed by atoms with Crippen molar-refractivity contribution in [1.82, 2.24) is 0 Å². The molecule has 0 heterocycles. The van der Waals surface area contributed by atoms with Crippen molar-refractivity contribution < 1.29 is 76.2 Å². The maximum atomic E-state index is 12.1. The van der Waals surface area contributed by atoms with Gasteiger partial charge in [0.1, 0.15) is 0 Å². The minimum atomic E-state index is -5.98. The van der Waals surface area contributed by atoms with E-state index in [2.05, 4.69) is 8.37 Å². The molecular weight excluding hydrogens is 432 g/mol. The van der Waals surface area contributed by atoms with Gasteiger partial charge in [0, 0.05) is 0 Å². The molecule has 0 rings (SSSR count). The minimum Gasteiger partial charge on any atom is -0.481 e. The highest BCUT2D eigenvalue weighted by molar-refractivity contribution is 7.82. The fourth-order valence-corrected chi connectivity index (χ4v) is 3.20. The lowest BCUT2D eigenvalue weighted by molar-refractivity contribution is -0.172. The Hall–Kier alpha value is -3.31. The average molecular weight is 446 g/mol. The summed E-state index contributed by atoms with van der Waals surface area (Å²) in [5.74, 6) is -13.0. The molecule has 0 aromatic carbocycles. The number of hydrogen-bond donors (Lipinski definition) is 6. The van der Waals surface area contributed by atoms with E-state index in [0.29, 0.717) is 0 Å². The summed E-state index contributed by atoms with van der Waals surface area (Å²) in [5.41, 5.74) is -7.04. The molecule has 0 saturated carbocycles. The van der Waals surface area contributed by atoms with E-state index in [1.54, 1.807) is 0 Å². The Morgan fingerprint density at radius 2 is 0.759 bits per heavy atom. The van der Waals surface area contributed by atoms with E-state index < -0.39 is 83.1 Å². The third kappa shape index (κ3) is 7.68. The highest BCUT2D eigenvalue weighted by atomic mass is 32.3. The summed E-state index contributed by atoms with van der Waals surface area (Å²) in [5, 5.41) is 53.2. The highest BCUT2D eigenvalue weighted by Gasteiger charge is 2.53. The average Bonchev–Trinajstić information content (AvgIpc) is 2.41. The lowest BCUT2D eigenvalue weighted by Gasteiger charge is -2.29. The molecule has 6 N–H and O–H groups in total. The number of aliphatic carboxylic acids is 6. The predicted molar refractivity (Wildman–Crippen MR) is 80.8 cm³/mol. The maximum Gasteiger partial charge on any atom is 0.402 e. The van der Waals surface area contributed by atoms with Gasteiger partial charge in [-0.05, 0) is 0 Å². The summed E-state index contributed by atoms with van der Waals surface area (Å²) in [6, 6.07) is 0. The monoisotopic (exact) mass is 446 g/mol. The molecule has 0 unspecified atom stereocenters. The molecule has 0 atom stereocenters. The van der Waals surface area contributed by atoms with Gasteiger partial charge in [-0.2, -0.15) is 8.42 Å². The van der Waals surface area contributed by atoms with Crippen LogP contribution in [0, 0.1) is 0 Å². The minimum absolute atomic E-state index is 1.75. The molecule has 0 aliphatic rings. The van der Waals surface area contributed by atoms with Gasteiger partial charge in [-0.1, -0.05) is 0 Å². The van der Waals surface area contributed by atoms with Crippen LogP contribution in [-0.4, -0.2) is 86.1 Å². The lowest BCUT2D eigenvalue weighted by Crippen LogP contribution is -2.51. The zero-order chi connectivity index (χ0) is 23.2. The van der Waals surface area contributed by atoms with Crippen molar-refractivity contribution >= 4 is 46.2 Å². The summed E-state index contributed by atoms with van der Waals surface area (Å²) in [6.45, 7) is 0. The maximum absolute atomic E-state index is 12.1. The molecule has 0 amide bonds. The second-order valence-corrected chi connectivity index (χ2v) is 6.61. The first-order chi connectivity index (χ1) is 13.0. The molecule has 0 aromatic heterocycles. The van der Waals surface area contributed by atoms with Crippen molar-refractivity contribution in [2.75, 3.05) is 0 Å². The number of carbonyl (C=O) groups is 6. The van der Waals surface area contributed by atoms with Crippen LogP contribution in [0.2, 0.25) is 0 Å². The fraction of sp³-hybridized carbons (Fsp3) is 0.500. The molecule has 0 bridgehead atoms. The number of rotatable bonds is 14. The Labute approximate surface area is 160 Å². The molecule has 17 heteroatoms. The smallest absolute Gasteiger partial charge is 0.402 e. The van der Waals surface area contributed by atoms with Crippen LogP contribution in [0.4, 0.5) is 0 Å². The summed E-state index contributed by atoms with van der Waals surface area (Å²) < 4.78 is 32.1. The molecule has 0 aliphatic heterocycles. The van der Waals surface area contributed by atoms with Crippen LogP contribution >= 0.6 is 0 Å². The van der Waals surface area contributed by atoms with Gasteiger partial charge in [0.25, 0.3) is 0 Å². The van der Waals surface area contributed by atoms with Gasteiger partial charge in [-0.25, -0.2) is 18.0 Å². The van der Waals surface area contributed by atoms with Crippen LogP contribution < -0.4 is 0 Å². The quantitative estimate of drug-likeness (QED) is 0.165. The van der Waals surface area contributed by atoms with E-state index >= 15 is 0 Å². The van der Waals surface area contributed by atoms with Crippen molar-refractivity contribution in [3.63, 3.8) is 0 Å². The van der Waals surface area contributed by atoms with Crippen LogP contribution in [0.1, 0.15) is 25.7 Å². The van der Waals surface area contributed by atoms with E-state index in [1.165, 1.54) is 0 Å². The van der Waals surface area contributed by atoms with Gasteiger partial charge < -0.3 is 30.6 Å². The van der Waals surface area contributed by atoms with Crippen molar-refractivity contribution in [2.45, 2.75) is 36.9 Å². The van der Waals surface area contributed by atoms with Gasteiger partial charge in [-0.15, -0.1) is 0 Å². The number of carboxylic acid groups (broad SMARTS) is 6. The van der Waals surface area contributed by atoms with E-state index in [9.17, 15) is 37.2 Å². The number of hydrogen-bond acceptors (Lipinski definition) is 10.